The van der Waals surface area contributed by atoms with Gasteiger partial charge in [-0.25, -0.2) is 18.7 Å². The first-order chi connectivity index (χ1) is 21.4. The third-order valence-corrected chi connectivity index (χ3v) is 8.50. The third-order valence-electron chi connectivity index (χ3n) is 8.50. The average Bonchev–Trinajstić information content (AvgIpc) is 3.65. The smallest absolute Gasteiger partial charge is 0.337 e. The molecule has 0 aliphatic carbocycles. The third kappa shape index (κ3) is 6.10. The summed E-state index contributed by atoms with van der Waals surface area (Å²) in [6, 6.07) is 16.1. The van der Waals surface area contributed by atoms with Crippen LogP contribution in [0.5, 0.6) is 0 Å². The summed E-state index contributed by atoms with van der Waals surface area (Å²) in [6.07, 6.45) is 8.51. The Morgan fingerprint density at radius 3 is 2.73 bits per heavy atom. The number of nitrogens with zero attached hydrogens (tertiary/aromatic N) is 7. The maximum Gasteiger partial charge on any atom is 0.337 e. The predicted molar refractivity (Wildman–Crippen MR) is 163 cm³/mol. The van der Waals surface area contributed by atoms with Crippen molar-refractivity contribution in [1.29, 1.82) is 5.26 Å². The van der Waals surface area contributed by atoms with Gasteiger partial charge in [0.1, 0.15) is 5.82 Å². The van der Waals surface area contributed by atoms with E-state index >= 15 is 0 Å². The van der Waals surface area contributed by atoms with Crippen molar-refractivity contribution in [3.05, 3.63) is 118 Å². The van der Waals surface area contributed by atoms with Gasteiger partial charge in [-0.3, -0.25) is 9.88 Å². The number of hydrogen-bond acceptors (Lipinski definition) is 7. The minimum Gasteiger partial charge on any atom is -0.465 e. The zero-order valence-electron chi connectivity index (χ0n) is 24.9. The van der Waals surface area contributed by atoms with E-state index in [4.69, 9.17) is 20.1 Å². The molecule has 4 aromatic heterocycles. The number of aryl methyl sites for hydroxylation is 1. The highest BCUT2D eigenvalue weighted by Crippen LogP contribution is 2.30. The minimum atomic E-state index is -0.378. The van der Waals surface area contributed by atoms with Gasteiger partial charge in [0.15, 0.2) is 0 Å². The number of methoxy groups -OCH3 is 1. The molecular weight excluding hydrogens is 557 g/mol. The minimum absolute atomic E-state index is 0.314. The summed E-state index contributed by atoms with van der Waals surface area (Å²) in [5, 5.41) is 14.0. The molecule has 224 valence electrons. The number of hydrogen-bond donors (Lipinski definition) is 0. The number of benzene rings is 1. The number of carbonyl (C=O) groups excluding carboxylic acids is 1. The summed E-state index contributed by atoms with van der Waals surface area (Å²) in [4.78, 5) is 24.0. The molecule has 5 heterocycles. The number of esters is 1. The van der Waals surface area contributed by atoms with Crippen LogP contribution in [0, 0.1) is 17.1 Å². The van der Waals surface area contributed by atoms with Crippen molar-refractivity contribution in [2.24, 2.45) is 0 Å². The van der Waals surface area contributed by atoms with Crippen LogP contribution in [0.3, 0.4) is 0 Å². The normalized spacial score (nSPS) is 14.1. The monoisotopic (exact) mass is 591 g/mol. The Hall–Kier alpha value is -4.88. The zero-order valence-corrected chi connectivity index (χ0v) is 24.9. The van der Waals surface area contributed by atoms with Gasteiger partial charge in [-0.1, -0.05) is 12.1 Å². The Morgan fingerprint density at radius 2 is 1.98 bits per heavy atom. The Labute approximate surface area is 255 Å². The highest BCUT2D eigenvalue weighted by molar-refractivity contribution is 5.90. The summed E-state index contributed by atoms with van der Waals surface area (Å²) < 4.78 is 23.4. The number of fused-ring (bicyclic) bond motifs is 1. The van der Waals surface area contributed by atoms with E-state index in [9.17, 15) is 9.18 Å². The molecule has 1 saturated heterocycles. The molecule has 0 amide bonds. The molecule has 0 unspecified atom stereocenters. The van der Waals surface area contributed by atoms with Crippen LogP contribution >= 0.6 is 0 Å². The van der Waals surface area contributed by atoms with Gasteiger partial charge in [-0.05, 0) is 74.8 Å². The van der Waals surface area contributed by atoms with E-state index in [-0.39, 0.29) is 11.8 Å². The molecular formula is C34H34FN7O2. The van der Waals surface area contributed by atoms with Crippen molar-refractivity contribution < 1.29 is 13.9 Å². The lowest BCUT2D eigenvalue weighted by atomic mass is 9.92. The predicted octanol–water partition coefficient (Wildman–Crippen LogP) is 5.30. The largest absolute Gasteiger partial charge is 0.465 e. The lowest BCUT2D eigenvalue weighted by Crippen LogP contribution is -2.33. The Balaban J connectivity index is 1.18. The van der Waals surface area contributed by atoms with Crippen LogP contribution in [0.4, 0.5) is 4.39 Å². The van der Waals surface area contributed by atoms with Crippen LogP contribution in [0.1, 0.15) is 75.5 Å². The number of likely N-dealkylation sites (tertiary alicyclic amines) is 1. The van der Waals surface area contributed by atoms with Crippen molar-refractivity contribution in [1.82, 2.24) is 29.0 Å². The Kier molecular flexibility index (Phi) is 8.48. The van der Waals surface area contributed by atoms with Gasteiger partial charge in [0, 0.05) is 66.9 Å². The number of piperidine rings is 1. The number of ether oxygens (including phenoxy) is 1. The quantitative estimate of drug-likeness (QED) is 0.214. The number of nitriles is 1. The van der Waals surface area contributed by atoms with E-state index in [2.05, 4.69) is 27.4 Å². The molecule has 0 spiro atoms. The van der Waals surface area contributed by atoms with Crippen LogP contribution in [0.25, 0.3) is 5.52 Å². The first-order valence-corrected chi connectivity index (χ1v) is 14.9. The highest BCUT2D eigenvalue weighted by Gasteiger charge is 2.25. The fourth-order valence-electron chi connectivity index (χ4n) is 6.05. The average molecular weight is 592 g/mol. The molecule has 0 N–H and O–H groups in total. The Morgan fingerprint density at radius 1 is 1.14 bits per heavy atom. The second-order valence-corrected chi connectivity index (χ2v) is 11.2. The van der Waals surface area contributed by atoms with Crippen molar-refractivity contribution in [3.63, 3.8) is 0 Å². The summed E-state index contributed by atoms with van der Waals surface area (Å²) in [7, 11) is 1.39. The first kappa shape index (κ1) is 29.2. The molecule has 1 aliphatic heterocycles. The molecule has 0 saturated carbocycles. The van der Waals surface area contributed by atoms with E-state index < -0.39 is 0 Å². The van der Waals surface area contributed by atoms with Gasteiger partial charge in [0.25, 0.3) is 0 Å². The summed E-state index contributed by atoms with van der Waals surface area (Å²) >= 11 is 0. The molecule has 0 atom stereocenters. The van der Waals surface area contributed by atoms with Crippen LogP contribution in [0.2, 0.25) is 0 Å². The summed E-state index contributed by atoms with van der Waals surface area (Å²) in [5.74, 6) is -0.433. The maximum atomic E-state index is 14.5. The van der Waals surface area contributed by atoms with Gasteiger partial charge < -0.3 is 9.30 Å². The van der Waals surface area contributed by atoms with Gasteiger partial charge in [-0.2, -0.15) is 10.4 Å². The van der Waals surface area contributed by atoms with E-state index in [0.717, 1.165) is 66.3 Å². The van der Waals surface area contributed by atoms with Crippen molar-refractivity contribution in [2.75, 3.05) is 20.2 Å². The fourth-order valence-corrected chi connectivity index (χ4v) is 6.05. The van der Waals surface area contributed by atoms with Gasteiger partial charge in [-0.15, -0.1) is 0 Å². The number of halogens is 1. The number of pyridine rings is 2. The van der Waals surface area contributed by atoms with Crippen LogP contribution in [0.15, 0.2) is 67.3 Å². The Bertz CT molecular complexity index is 1850. The zero-order chi connectivity index (χ0) is 30.6. The number of carbonyl (C=O) groups is 1. The summed E-state index contributed by atoms with van der Waals surface area (Å²) in [6.45, 7) is 5.41. The molecule has 1 fully saturated rings. The maximum absolute atomic E-state index is 14.5. The molecule has 0 radical (unpaired) electrons. The molecule has 0 bridgehead atoms. The van der Waals surface area contributed by atoms with Crippen LogP contribution in [-0.4, -0.2) is 55.2 Å². The highest BCUT2D eigenvalue weighted by atomic mass is 19.1. The number of aromatic nitrogens is 5. The second kappa shape index (κ2) is 12.8. The van der Waals surface area contributed by atoms with Gasteiger partial charge in [0.05, 0.1) is 41.8 Å². The molecule has 6 rings (SSSR count). The first-order valence-electron chi connectivity index (χ1n) is 14.9. The van der Waals surface area contributed by atoms with Gasteiger partial charge in [0.2, 0.25) is 0 Å². The van der Waals surface area contributed by atoms with E-state index in [0.29, 0.717) is 42.0 Å². The van der Waals surface area contributed by atoms with Crippen LogP contribution in [-0.2, 0) is 30.7 Å². The fraction of sp³-hybridized carbons (Fsp3) is 0.324. The molecule has 44 heavy (non-hydrogen) atoms. The van der Waals surface area contributed by atoms with Crippen molar-refractivity contribution in [3.8, 4) is 6.07 Å². The van der Waals surface area contributed by atoms with Crippen molar-refractivity contribution in [2.45, 2.75) is 51.6 Å². The molecule has 1 aliphatic rings. The van der Waals surface area contributed by atoms with E-state index in [1.54, 1.807) is 18.2 Å². The van der Waals surface area contributed by atoms with Gasteiger partial charge >= 0.3 is 5.97 Å². The topological polar surface area (TPSA) is 101 Å². The second-order valence-electron chi connectivity index (χ2n) is 11.2. The number of imidazole rings is 1. The summed E-state index contributed by atoms with van der Waals surface area (Å²) in [5.41, 5.74) is 7.25. The molecule has 1 aromatic carbocycles. The molecule has 10 heteroatoms. The van der Waals surface area contributed by atoms with E-state index in [1.807, 2.05) is 47.5 Å². The van der Waals surface area contributed by atoms with E-state index in [1.165, 1.54) is 13.2 Å². The molecule has 9 nitrogen and oxygen atoms in total. The van der Waals surface area contributed by atoms with Crippen LogP contribution < -0.4 is 0 Å². The lowest BCUT2D eigenvalue weighted by molar-refractivity contribution is 0.0600. The molecule has 5 aromatic rings. The standard InChI is InChI=1S/C34H34FN7O2/c1-3-41-22-37-20-28(41)18-29-32(39-42-14-11-26(17-33(29)42)34(43)44-2)21-40-12-9-24(10-13-40)31-6-4-5-27(38-31)16-25-8-7-23(19-36)15-30(25)35/h4-8,11,14-15,17,20,22,24H,3,9-10,12-13,16,18,21H2,1-2H3. The number of rotatable bonds is 9. The van der Waals surface area contributed by atoms with Crippen molar-refractivity contribution >= 4 is 11.5 Å². The SMILES string of the molecule is CCn1cncc1Cc1c(CN2CCC(c3cccc(Cc4ccc(C#N)cc4F)n3)CC2)nn2ccc(C(=O)OC)cc12. The lowest BCUT2D eigenvalue weighted by Gasteiger charge is -2.31.